The molecule has 20 heavy (non-hydrogen) atoms. The molecule has 3 nitrogen and oxygen atoms in total. The second-order valence-electron chi connectivity index (χ2n) is 5.27. The minimum Gasteiger partial charge on any atom is -0.383 e. The van der Waals surface area contributed by atoms with Gasteiger partial charge in [0.15, 0.2) is 0 Å². The molecule has 1 aromatic carbocycles. The first-order valence-corrected chi connectivity index (χ1v) is 7.74. The van der Waals surface area contributed by atoms with Crippen LogP contribution in [0.25, 0.3) is 0 Å². The Morgan fingerprint density at radius 1 is 1.30 bits per heavy atom. The first-order valence-electron chi connectivity index (χ1n) is 7.36. The molecule has 0 radical (unpaired) electrons. The van der Waals surface area contributed by atoms with Gasteiger partial charge >= 0.3 is 0 Å². The molecule has 0 aliphatic rings. The van der Waals surface area contributed by atoms with E-state index in [9.17, 15) is 4.79 Å². The highest BCUT2D eigenvalue weighted by Gasteiger charge is 2.06. The van der Waals surface area contributed by atoms with Gasteiger partial charge in [-0.15, -0.1) is 0 Å². The highest BCUT2D eigenvalue weighted by Crippen LogP contribution is 2.26. The normalized spacial score (nSPS) is 12.0. The van der Waals surface area contributed by atoms with Crippen molar-refractivity contribution in [1.29, 1.82) is 0 Å². The average Bonchev–Trinajstić information content (AvgIpc) is 2.37. The first-order chi connectivity index (χ1) is 9.52. The molecule has 1 unspecified atom stereocenters. The summed E-state index contributed by atoms with van der Waals surface area (Å²) in [5, 5.41) is 6.70. The van der Waals surface area contributed by atoms with Gasteiger partial charge in [-0.3, -0.25) is 4.79 Å². The Hall–Kier alpha value is -1.22. The van der Waals surface area contributed by atoms with Crippen molar-refractivity contribution < 1.29 is 4.79 Å². The van der Waals surface area contributed by atoms with Crippen LogP contribution < -0.4 is 10.6 Å². The highest BCUT2D eigenvalue weighted by atomic mass is 35.5. The molecule has 112 valence electrons. The molecule has 0 aliphatic heterocycles. The highest BCUT2D eigenvalue weighted by molar-refractivity contribution is 6.34. The maximum absolute atomic E-state index is 11.0. The van der Waals surface area contributed by atoms with Gasteiger partial charge in [0, 0.05) is 18.7 Å². The zero-order valence-corrected chi connectivity index (χ0v) is 13.4. The number of carbonyl (C=O) groups excluding carboxylic acids is 1. The number of anilines is 2. The molecule has 1 aromatic rings. The van der Waals surface area contributed by atoms with Crippen molar-refractivity contribution in [2.24, 2.45) is 0 Å². The minimum atomic E-state index is -0.114. The van der Waals surface area contributed by atoms with Gasteiger partial charge in [0.05, 0.1) is 10.7 Å². The molecular formula is C16H25ClN2O. The van der Waals surface area contributed by atoms with Gasteiger partial charge in [-0.1, -0.05) is 44.2 Å². The molecule has 0 saturated heterocycles. The summed E-state index contributed by atoms with van der Waals surface area (Å²) in [4.78, 5) is 11.0. The van der Waals surface area contributed by atoms with Crippen molar-refractivity contribution in [1.82, 2.24) is 0 Å². The number of nitrogens with one attached hydrogen (secondary N) is 2. The standard InChI is InChI=1S/C16H25ClN2O/c1-4-5-6-7-8-12(2)18-14-9-10-16(15(17)11-14)19-13(3)20/h9-12,18H,4-8H2,1-3H3,(H,19,20). The second-order valence-corrected chi connectivity index (χ2v) is 5.68. The lowest BCUT2D eigenvalue weighted by Crippen LogP contribution is -2.15. The van der Waals surface area contributed by atoms with Crippen molar-refractivity contribution in [3.8, 4) is 0 Å². The third-order valence-electron chi connectivity index (χ3n) is 3.18. The third kappa shape index (κ3) is 6.29. The molecule has 0 heterocycles. The van der Waals surface area contributed by atoms with E-state index < -0.39 is 0 Å². The molecule has 1 atom stereocenters. The van der Waals surface area contributed by atoms with Crippen molar-refractivity contribution >= 4 is 28.9 Å². The van der Waals surface area contributed by atoms with Gasteiger partial charge in [-0.05, 0) is 31.5 Å². The van der Waals surface area contributed by atoms with E-state index >= 15 is 0 Å². The molecule has 0 aromatic heterocycles. The van der Waals surface area contributed by atoms with Gasteiger partial charge in [-0.25, -0.2) is 0 Å². The summed E-state index contributed by atoms with van der Waals surface area (Å²) in [6.45, 7) is 5.88. The molecule has 0 aliphatic carbocycles. The number of unbranched alkanes of at least 4 members (excludes halogenated alkanes) is 3. The van der Waals surface area contributed by atoms with E-state index in [1.807, 2.05) is 18.2 Å². The van der Waals surface area contributed by atoms with Crippen LogP contribution in [-0.4, -0.2) is 11.9 Å². The molecule has 0 bridgehead atoms. The van der Waals surface area contributed by atoms with E-state index in [0.29, 0.717) is 16.8 Å². The number of hydrogen-bond acceptors (Lipinski definition) is 2. The van der Waals surface area contributed by atoms with E-state index in [1.54, 1.807) is 0 Å². The molecule has 2 N–H and O–H groups in total. The number of amides is 1. The monoisotopic (exact) mass is 296 g/mol. The quantitative estimate of drug-likeness (QED) is 0.658. The fraction of sp³-hybridized carbons (Fsp3) is 0.562. The van der Waals surface area contributed by atoms with Gasteiger partial charge in [0.25, 0.3) is 0 Å². The lowest BCUT2D eigenvalue weighted by molar-refractivity contribution is -0.114. The second kappa shape index (κ2) is 8.85. The average molecular weight is 297 g/mol. The van der Waals surface area contributed by atoms with Crippen molar-refractivity contribution in [3.05, 3.63) is 23.2 Å². The van der Waals surface area contributed by atoms with Gasteiger partial charge < -0.3 is 10.6 Å². The number of carbonyl (C=O) groups is 1. The smallest absolute Gasteiger partial charge is 0.221 e. The molecular weight excluding hydrogens is 272 g/mol. The largest absolute Gasteiger partial charge is 0.383 e. The SMILES string of the molecule is CCCCCCC(C)Nc1ccc(NC(C)=O)c(Cl)c1. The molecule has 4 heteroatoms. The first kappa shape index (κ1) is 16.8. The van der Waals surface area contributed by atoms with E-state index in [2.05, 4.69) is 24.5 Å². The summed E-state index contributed by atoms with van der Waals surface area (Å²) in [5.41, 5.74) is 1.65. The van der Waals surface area contributed by atoms with E-state index in [4.69, 9.17) is 11.6 Å². The zero-order chi connectivity index (χ0) is 15.0. The van der Waals surface area contributed by atoms with Crippen molar-refractivity contribution in [2.45, 2.75) is 58.9 Å². The van der Waals surface area contributed by atoms with Crippen LogP contribution in [0.1, 0.15) is 52.9 Å². The molecule has 1 amide bonds. The Morgan fingerprint density at radius 3 is 2.65 bits per heavy atom. The summed E-state index contributed by atoms with van der Waals surface area (Å²) in [6.07, 6.45) is 6.28. The third-order valence-corrected chi connectivity index (χ3v) is 3.50. The Kier molecular flexibility index (Phi) is 7.45. The van der Waals surface area contributed by atoms with Crippen LogP contribution in [-0.2, 0) is 4.79 Å². The van der Waals surface area contributed by atoms with Crippen LogP contribution in [0.5, 0.6) is 0 Å². The van der Waals surface area contributed by atoms with E-state index in [0.717, 1.165) is 12.1 Å². The van der Waals surface area contributed by atoms with Gasteiger partial charge in [0.2, 0.25) is 5.91 Å². The summed E-state index contributed by atoms with van der Waals surface area (Å²) >= 11 is 6.15. The zero-order valence-electron chi connectivity index (χ0n) is 12.6. The predicted molar refractivity (Wildman–Crippen MR) is 87.6 cm³/mol. The van der Waals surface area contributed by atoms with E-state index in [-0.39, 0.29) is 5.91 Å². The van der Waals surface area contributed by atoms with Gasteiger partial charge in [0.1, 0.15) is 0 Å². The topological polar surface area (TPSA) is 41.1 Å². The van der Waals surface area contributed by atoms with Gasteiger partial charge in [-0.2, -0.15) is 0 Å². The molecule has 0 fully saturated rings. The van der Waals surface area contributed by atoms with Crippen LogP contribution in [0.4, 0.5) is 11.4 Å². The predicted octanol–water partition coefficient (Wildman–Crippen LogP) is 5.07. The summed E-state index contributed by atoms with van der Waals surface area (Å²) in [7, 11) is 0. The number of benzene rings is 1. The van der Waals surface area contributed by atoms with Crippen LogP contribution in [0.3, 0.4) is 0 Å². The number of hydrogen-bond donors (Lipinski definition) is 2. The Bertz CT molecular complexity index is 434. The lowest BCUT2D eigenvalue weighted by atomic mass is 10.1. The maximum atomic E-state index is 11.0. The minimum absolute atomic E-state index is 0.114. The summed E-state index contributed by atoms with van der Waals surface area (Å²) in [5.74, 6) is -0.114. The number of rotatable bonds is 8. The van der Waals surface area contributed by atoms with Crippen LogP contribution in [0, 0.1) is 0 Å². The molecule has 0 spiro atoms. The van der Waals surface area contributed by atoms with Crippen molar-refractivity contribution in [2.75, 3.05) is 10.6 Å². The van der Waals surface area contributed by atoms with Crippen LogP contribution >= 0.6 is 11.6 Å². The van der Waals surface area contributed by atoms with Crippen LogP contribution in [0.15, 0.2) is 18.2 Å². The maximum Gasteiger partial charge on any atom is 0.221 e. The Morgan fingerprint density at radius 2 is 2.05 bits per heavy atom. The number of halogens is 1. The summed E-state index contributed by atoms with van der Waals surface area (Å²) in [6, 6.07) is 6.06. The molecule has 0 saturated carbocycles. The lowest BCUT2D eigenvalue weighted by Gasteiger charge is -2.16. The fourth-order valence-electron chi connectivity index (χ4n) is 2.13. The Labute approximate surface area is 127 Å². The summed E-state index contributed by atoms with van der Waals surface area (Å²) < 4.78 is 0. The fourth-order valence-corrected chi connectivity index (χ4v) is 2.36. The Balaban J connectivity index is 2.47. The van der Waals surface area contributed by atoms with E-state index in [1.165, 1.54) is 32.6 Å². The van der Waals surface area contributed by atoms with Crippen LogP contribution in [0.2, 0.25) is 5.02 Å². The molecule has 1 rings (SSSR count). The van der Waals surface area contributed by atoms with Crippen molar-refractivity contribution in [3.63, 3.8) is 0 Å².